The molecule has 4 heteroatoms. The van der Waals surface area contributed by atoms with E-state index in [1.54, 1.807) is 0 Å². The Morgan fingerprint density at radius 2 is 0.960 bits per heavy atom. The summed E-state index contributed by atoms with van der Waals surface area (Å²) in [4.78, 5) is 0. The largest absolute Gasteiger partial charge is 0.454 e. The zero-order valence-corrected chi connectivity index (χ0v) is 14.9. The molecular formula is C21H24O4. The maximum Gasteiger partial charge on any atom is 0.231 e. The summed E-state index contributed by atoms with van der Waals surface area (Å²) in [5.74, 6) is 3.44. The average molecular weight is 340 g/mol. The lowest BCUT2D eigenvalue weighted by molar-refractivity contribution is 0.173. The number of rotatable bonds is 6. The van der Waals surface area contributed by atoms with E-state index in [-0.39, 0.29) is 0 Å². The molecule has 25 heavy (non-hydrogen) atoms. The number of hydrogen-bond acceptors (Lipinski definition) is 4. The van der Waals surface area contributed by atoms with Crippen molar-refractivity contribution in [2.75, 3.05) is 13.6 Å². The first-order valence-corrected chi connectivity index (χ1v) is 9.11. The van der Waals surface area contributed by atoms with Gasteiger partial charge in [0.05, 0.1) is 0 Å². The summed E-state index contributed by atoms with van der Waals surface area (Å²) in [6.07, 6.45) is 5.17. The molecule has 0 saturated heterocycles. The normalized spacial score (nSPS) is 14.2. The minimum Gasteiger partial charge on any atom is -0.454 e. The van der Waals surface area contributed by atoms with Gasteiger partial charge < -0.3 is 18.9 Å². The van der Waals surface area contributed by atoms with E-state index >= 15 is 0 Å². The van der Waals surface area contributed by atoms with E-state index in [1.165, 1.54) is 22.3 Å². The van der Waals surface area contributed by atoms with Crippen molar-refractivity contribution in [3.05, 3.63) is 46.5 Å². The van der Waals surface area contributed by atoms with Gasteiger partial charge in [-0.3, -0.25) is 0 Å². The van der Waals surface area contributed by atoms with E-state index < -0.39 is 0 Å². The Morgan fingerprint density at radius 1 is 0.600 bits per heavy atom. The predicted molar refractivity (Wildman–Crippen MR) is 95.9 cm³/mol. The molecule has 132 valence electrons. The lowest BCUT2D eigenvalue weighted by Crippen LogP contribution is -2.00. The molecule has 0 bridgehead atoms. The third-order valence-corrected chi connectivity index (χ3v) is 4.81. The molecule has 4 nitrogen and oxygen atoms in total. The number of benzene rings is 2. The van der Waals surface area contributed by atoms with Crippen molar-refractivity contribution in [1.82, 2.24) is 0 Å². The highest BCUT2D eigenvalue weighted by molar-refractivity contribution is 5.53. The van der Waals surface area contributed by atoms with Gasteiger partial charge in [0.2, 0.25) is 13.6 Å². The number of hydrogen-bond donors (Lipinski definition) is 0. The first kappa shape index (κ1) is 16.1. The van der Waals surface area contributed by atoms with E-state index in [0.29, 0.717) is 13.6 Å². The molecule has 0 radical (unpaired) electrons. The van der Waals surface area contributed by atoms with E-state index in [0.717, 1.165) is 55.1 Å². The van der Waals surface area contributed by atoms with Crippen LogP contribution in [0.1, 0.15) is 48.9 Å². The van der Waals surface area contributed by atoms with Gasteiger partial charge in [-0.25, -0.2) is 0 Å². The minimum atomic E-state index is 0.315. The lowest BCUT2D eigenvalue weighted by atomic mass is 9.92. The minimum absolute atomic E-state index is 0.315. The molecule has 2 heterocycles. The predicted octanol–water partition coefficient (Wildman–Crippen LogP) is 4.64. The van der Waals surface area contributed by atoms with Crippen LogP contribution in [0.4, 0.5) is 0 Å². The van der Waals surface area contributed by atoms with E-state index in [1.807, 2.05) is 0 Å². The van der Waals surface area contributed by atoms with Crippen LogP contribution in [-0.4, -0.2) is 13.6 Å². The van der Waals surface area contributed by atoms with Crippen molar-refractivity contribution in [1.29, 1.82) is 0 Å². The second kappa shape index (κ2) is 6.87. The molecule has 0 spiro atoms. The summed E-state index contributed by atoms with van der Waals surface area (Å²) >= 11 is 0. The zero-order chi connectivity index (χ0) is 17.2. The molecule has 4 rings (SSSR count). The summed E-state index contributed by atoms with van der Waals surface area (Å²) < 4.78 is 22.3. The molecule has 0 unspecified atom stereocenters. The highest BCUT2D eigenvalue weighted by atomic mass is 16.7. The summed E-state index contributed by atoms with van der Waals surface area (Å²) in [5.41, 5.74) is 5.29. The molecule has 2 aliphatic rings. The van der Waals surface area contributed by atoms with Crippen LogP contribution in [0, 0.1) is 0 Å². The van der Waals surface area contributed by atoms with Gasteiger partial charge in [-0.15, -0.1) is 0 Å². The zero-order valence-electron chi connectivity index (χ0n) is 14.9. The molecule has 0 aliphatic carbocycles. The topological polar surface area (TPSA) is 36.9 Å². The van der Waals surface area contributed by atoms with Gasteiger partial charge in [0.1, 0.15) is 0 Å². The first-order chi connectivity index (χ1) is 12.3. The Bertz CT molecular complexity index is 716. The highest BCUT2D eigenvalue weighted by Gasteiger charge is 2.20. The molecule has 0 fully saturated rings. The molecule has 0 N–H and O–H groups in total. The van der Waals surface area contributed by atoms with Crippen molar-refractivity contribution >= 4 is 0 Å². The molecule has 2 aromatic carbocycles. The third-order valence-electron chi connectivity index (χ3n) is 4.81. The van der Waals surface area contributed by atoms with Crippen molar-refractivity contribution in [3.8, 4) is 23.0 Å². The van der Waals surface area contributed by atoms with Gasteiger partial charge in [-0.2, -0.15) is 0 Å². The monoisotopic (exact) mass is 340 g/mol. The lowest BCUT2D eigenvalue weighted by Gasteiger charge is -2.14. The maximum atomic E-state index is 5.59. The van der Waals surface area contributed by atoms with Crippen molar-refractivity contribution in [2.24, 2.45) is 0 Å². The van der Waals surface area contributed by atoms with E-state index in [4.69, 9.17) is 18.9 Å². The summed E-state index contributed by atoms with van der Waals surface area (Å²) in [6.45, 7) is 5.04. The Labute approximate surface area is 148 Å². The quantitative estimate of drug-likeness (QED) is 0.768. The fourth-order valence-corrected chi connectivity index (χ4v) is 3.59. The second-order valence-corrected chi connectivity index (χ2v) is 6.63. The van der Waals surface area contributed by atoms with Crippen LogP contribution in [0.15, 0.2) is 24.3 Å². The van der Waals surface area contributed by atoms with Gasteiger partial charge in [-0.1, -0.05) is 26.7 Å². The van der Waals surface area contributed by atoms with Gasteiger partial charge in [-0.05, 0) is 65.8 Å². The smallest absolute Gasteiger partial charge is 0.231 e. The van der Waals surface area contributed by atoms with Crippen LogP contribution >= 0.6 is 0 Å². The van der Waals surface area contributed by atoms with Gasteiger partial charge in [0, 0.05) is 0 Å². The van der Waals surface area contributed by atoms with Gasteiger partial charge in [0.25, 0.3) is 0 Å². The van der Waals surface area contributed by atoms with Crippen molar-refractivity contribution < 1.29 is 18.9 Å². The van der Waals surface area contributed by atoms with E-state index in [2.05, 4.69) is 38.1 Å². The van der Waals surface area contributed by atoms with Gasteiger partial charge in [0.15, 0.2) is 23.0 Å². The molecule has 2 aliphatic heterocycles. The van der Waals surface area contributed by atoms with Crippen LogP contribution in [0.25, 0.3) is 0 Å². The van der Waals surface area contributed by atoms with Crippen LogP contribution in [0.5, 0.6) is 23.0 Å². The maximum absolute atomic E-state index is 5.59. The highest BCUT2D eigenvalue weighted by Crippen LogP contribution is 2.39. The first-order valence-electron chi connectivity index (χ1n) is 9.11. The molecule has 0 aromatic heterocycles. The Hall–Kier alpha value is -2.36. The number of fused-ring (bicyclic) bond motifs is 2. The van der Waals surface area contributed by atoms with Crippen LogP contribution in [-0.2, 0) is 19.3 Å². The molecular weight excluding hydrogens is 316 g/mol. The summed E-state index contributed by atoms with van der Waals surface area (Å²) in [6, 6.07) is 8.59. The summed E-state index contributed by atoms with van der Waals surface area (Å²) in [5, 5.41) is 0. The fourth-order valence-electron chi connectivity index (χ4n) is 3.59. The molecule has 0 saturated carbocycles. The van der Waals surface area contributed by atoms with Crippen molar-refractivity contribution in [2.45, 2.75) is 46.0 Å². The third kappa shape index (κ3) is 3.13. The Balaban J connectivity index is 1.72. The second-order valence-electron chi connectivity index (χ2n) is 6.63. The van der Waals surface area contributed by atoms with Crippen LogP contribution < -0.4 is 18.9 Å². The SMILES string of the molecule is CCCc1cc2c(cc1Cc1cc3c(cc1CCC)OCO3)OCO2. The molecule has 0 atom stereocenters. The Kier molecular flexibility index (Phi) is 4.43. The van der Waals surface area contributed by atoms with Gasteiger partial charge >= 0.3 is 0 Å². The van der Waals surface area contributed by atoms with Crippen LogP contribution in [0.2, 0.25) is 0 Å². The summed E-state index contributed by atoms with van der Waals surface area (Å²) in [7, 11) is 0. The van der Waals surface area contributed by atoms with Crippen molar-refractivity contribution in [3.63, 3.8) is 0 Å². The number of ether oxygens (including phenoxy) is 4. The molecule has 0 amide bonds. The standard InChI is InChI=1S/C21H24O4/c1-3-5-14-8-18-20(24-12-22-18)10-16(14)7-17-11-21-19(23-13-25-21)9-15(17)6-4-2/h8-11H,3-7,12-13H2,1-2H3. The molecule has 2 aromatic rings. The fraction of sp³-hybridized carbons (Fsp3) is 0.429. The number of aryl methyl sites for hydroxylation is 2. The average Bonchev–Trinajstić information content (AvgIpc) is 3.24. The van der Waals surface area contributed by atoms with E-state index in [9.17, 15) is 0 Å². The Morgan fingerprint density at radius 3 is 1.32 bits per heavy atom. The van der Waals surface area contributed by atoms with Crippen LogP contribution in [0.3, 0.4) is 0 Å².